The Balaban J connectivity index is 2.19. The molecular weight excluding hydrogens is 124 g/mol. The van der Waals surface area contributed by atoms with Gasteiger partial charge in [-0.15, -0.1) is 0 Å². The lowest BCUT2D eigenvalue weighted by molar-refractivity contribution is 0.194. The van der Waals surface area contributed by atoms with Crippen LogP contribution in [-0.4, -0.2) is 37.6 Å². The molecule has 1 aliphatic heterocycles. The molecule has 0 saturated carbocycles. The van der Waals surface area contributed by atoms with Gasteiger partial charge in [-0.1, -0.05) is 12.2 Å². The summed E-state index contributed by atoms with van der Waals surface area (Å²) in [4.78, 5) is 2.35. The Bertz CT molecular complexity index is 127. The maximum atomic E-state index is 3.87. The molecular formula is C8H16N2. The molecule has 1 heterocycles. The van der Waals surface area contributed by atoms with Gasteiger partial charge in [-0.3, -0.25) is 4.90 Å². The average molecular weight is 140 g/mol. The zero-order valence-corrected chi connectivity index (χ0v) is 6.85. The van der Waals surface area contributed by atoms with Crippen molar-refractivity contribution in [3.8, 4) is 0 Å². The fourth-order valence-corrected chi connectivity index (χ4v) is 1.14. The van der Waals surface area contributed by atoms with Crippen LogP contribution in [0.4, 0.5) is 0 Å². The van der Waals surface area contributed by atoms with Crippen LogP contribution in [0.3, 0.4) is 0 Å². The summed E-state index contributed by atoms with van der Waals surface area (Å²) in [5, 5.41) is 3.24. The van der Waals surface area contributed by atoms with E-state index >= 15 is 0 Å². The van der Waals surface area contributed by atoms with E-state index in [-0.39, 0.29) is 0 Å². The van der Waals surface area contributed by atoms with Crippen molar-refractivity contribution in [3.63, 3.8) is 0 Å². The Morgan fingerprint density at radius 2 is 2.30 bits per heavy atom. The summed E-state index contributed by atoms with van der Waals surface area (Å²) in [5.74, 6) is 0. The Hall–Kier alpha value is -0.340. The van der Waals surface area contributed by atoms with Crippen LogP contribution in [0.25, 0.3) is 0 Å². The van der Waals surface area contributed by atoms with Gasteiger partial charge in [0.15, 0.2) is 0 Å². The van der Waals surface area contributed by atoms with Gasteiger partial charge in [0.2, 0.25) is 0 Å². The van der Waals surface area contributed by atoms with Gasteiger partial charge in [0, 0.05) is 25.7 Å². The van der Waals surface area contributed by atoms with Crippen LogP contribution in [0.2, 0.25) is 0 Å². The number of rotatable bonds is 3. The molecule has 0 aromatic rings. The minimum absolute atomic E-state index is 0.747. The first-order valence-corrected chi connectivity index (χ1v) is 3.75. The maximum absolute atomic E-state index is 3.87. The number of nitrogens with zero attached hydrogens (tertiary/aromatic N) is 1. The maximum Gasteiger partial charge on any atom is 0.0345 e. The molecule has 0 spiro atoms. The van der Waals surface area contributed by atoms with Crippen molar-refractivity contribution in [1.82, 2.24) is 10.2 Å². The Morgan fingerprint density at radius 1 is 1.70 bits per heavy atom. The van der Waals surface area contributed by atoms with Crippen molar-refractivity contribution in [3.05, 3.63) is 12.2 Å². The third-order valence-corrected chi connectivity index (χ3v) is 1.90. The molecule has 0 aromatic carbocycles. The molecule has 0 unspecified atom stereocenters. The predicted molar refractivity (Wildman–Crippen MR) is 44.1 cm³/mol. The molecule has 58 valence electrons. The predicted octanol–water partition coefficient (Wildman–Crippen LogP) is 0.466. The SMILES string of the molecule is C=C(C)CN(C)C1CNC1. The fraction of sp³-hybridized carbons (Fsp3) is 0.750. The lowest BCUT2D eigenvalue weighted by Crippen LogP contribution is -2.56. The number of hydrogen-bond acceptors (Lipinski definition) is 2. The van der Waals surface area contributed by atoms with Crippen molar-refractivity contribution < 1.29 is 0 Å². The van der Waals surface area contributed by atoms with Crippen LogP contribution < -0.4 is 5.32 Å². The lowest BCUT2D eigenvalue weighted by Gasteiger charge is -2.35. The van der Waals surface area contributed by atoms with E-state index in [0.717, 1.165) is 25.7 Å². The molecule has 0 amide bonds. The topological polar surface area (TPSA) is 15.3 Å². The second-order valence-corrected chi connectivity index (χ2v) is 3.18. The molecule has 0 aromatic heterocycles. The summed E-state index contributed by atoms with van der Waals surface area (Å²) in [6.07, 6.45) is 0. The third-order valence-electron chi connectivity index (χ3n) is 1.90. The quantitative estimate of drug-likeness (QED) is 0.573. The van der Waals surface area contributed by atoms with Crippen LogP contribution in [0.15, 0.2) is 12.2 Å². The first-order chi connectivity index (χ1) is 4.70. The molecule has 0 bridgehead atoms. The van der Waals surface area contributed by atoms with Gasteiger partial charge in [0.25, 0.3) is 0 Å². The van der Waals surface area contributed by atoms with Gasteiger partial charge in [-0.25, -0.2) is 0 Å². The van der Waals surface area contributed by atoms with Gasteiger partial charge >= 0.3 is 0 Å². The van der Waals surface area contributed by atoms with Crippen molar-refractivity contribution in [2.75, 3.05) is 26.7 Å². The lowest BCUT2D eigenvalue weighted by atomic mass is 10.1. The highest BCUT2D eigenvalue weighted by Crippen LogP contribution is 2.03. The summed E-state index contributed by atoms with van der Waals surface area (Å²) in [5.41, 5.74) is 1.24. The van der Waals surface area contributed by atoms with Gasteiger partial charge in [0.1, 0.15) is 0 Å². The zero-order valence-electron chi connectivity index (χ0n) is 6.85. The Kier molecular flexibility index (Phi) is 2.46. The van der Waals surface area contributed by atoms with Crippen molar-refractivity contribution in [1.29, 1.82) is 0 Å². The van der Waals surface area contributed by atoms with Crippen molar-refractivity contribution in [2.24, 2.45) is 0 Å². The van der Waals surface area contributed by atoms with Crippen LogP contribution in [-0.2, 0) is 0 Å². The number of likely N-dealkylation sites (N-methyl/N-ethyl adjacent to an activating group) is 1. The smallest absolute Gasteiger partial charge is 0.0345 e. The van der Waals surface area contributed by atoms with Gasteiger partial charge in [-0.2, -0.15) is 0 Å². The molecule has 1 N–H and O–H groups in total. The van der Waals surface area contributed by atoms with Crippen LogP contribution >= 0.6 is 0 Å². The fourth-order valence-electron chi connectivity index (χ4n) is 1.14. The highest BCUT2D eigenvalue weighted by Gasteiger charge is 2.20. The normalized spacial score (nSPS) is 19.1. The minimum Gasteiger partial charge on any atom is -0.314 e. The first-order valence-electron chi connectivity index (χ1n) is 3.75. The summed E-state index contributed by atoms with van der Waals surface area (Å²) in [6, 6.07) is 0.747. The molecule has 2 heteroatoms. The van der Waals surface area contributed by atoms with Gasteiger partial charge < -0.3 is 5.32 Å². The molecule has 1 saturated heterocycles. The Labute approximate surface area is 62.9 Å². The van der Waals surface area contributed by atoms with Crippen molar-refractivity contribution in [2.45, 2.75) is 13.0 Å². The molecule has 10 heavy (non-hydrogen) atoms. The standard InChI is InChI=1S/C8H16N2/c1-7(2)6-10(3)8-4-9-5-8/h8-9H,1,4-6H2,2-3H3. The monoisotopic (exact) mass is 140 g/mol. The first kappa shape index (κ1) is 7.76. The zero-order chi connectivity index (χ0) is 7.56. The number of nitrogens with one attached hydrogen (secondary N) is 1. The highest BCUT2D eigenvalue weighted by molar-refractivity contribution is 4.95. The second-order valence-electron chi connectivity index (χ2n) is 3.18. The highest BCUT2D eigenvalue weighted by atomic mass is 15.2. The molecule has 1 aliphatic rings. The molecule has 0 radical (unpaired) electrons. The minimum atomic E-state index is 0.747. The van der Waals surface area contributed by atoms with E-state index in [1.165, 1.54) is 5.57 Å². The largest absolute Gasteiger partial charge is 0.314 e. The van der Waals surface area contributed by atoms with E-state index in [0.29, 0.717) is 0 Å². The van der Waals surface area contributed by atoms with E-state index in [2.05, 4.69) is 30.8 Å². The van der Waals surface area contributed by atoms with Gasteiger partial charge in [0.05, 0.1) is 0 Å². The average Bonchev–Trinajstić information content (AvgIpc) is 1.55. The van der Waals surface area contributed by atoms with E-state index < -0.39 is 0 Å². The van der Waals surface area contributed by atoms with E-state index in [1.54, 1.807) is 0 Å². The number of hydrogen-bond donors (Lipinski definition) is 1. The third kappa shape index (κ3) is 1.82. The van der Waals surface area contributed by atoms with E-state index in [1.807, 2.05) is 0 Å². The van der Waals surface area contributed by atoms with Crippen LogP contribution in [0.5, 0.6) is 0 Å². The summed E-state index contributed by atoms with van der Waals surface area (Å²) in [6.45, 7) is 9.27. The summed E-state index contributed by atoms with van der Waals surface area (Å²) >= 11 is 0. The van der Waals surface area contributed by atoms with Crippen LogP contribution in [0, 0.1) is 0 Å². The van der Waals surface area contributed by atoms with E-state index in [4.69, 9.17) is 0 Å². The van der Waals surface area contributed by atoms with Crippen molar-refractivity contribution >= 4 is 0 Å². The molecule has 1 rings (SSSR count). The van der Waals surface area contributed by atoms with Gasteiger partial charge in [-0.05, 0) is 14.0 Å². The summed E-state index contributed by atoms with van der Waals surface area (Å²) in [7, 11) is 2.15. The Morgan fingerprint density at radius 3 is 2.60 bits per heavy atom. The second kappa shape index (κ2) is 3.17. The molecule has 1 fully saturated rings. The molecule has 0 atom stereocenters. The van der Waals surface area contributed by atoms with Crippen LogP contribution in [0.1, 0.15) is 6.92 Å². The molecule has 2 nitrogen and oxygen atoms in total. The summed E-state index contributed by atoms with van der Waals surface area (Å²) < 4.78 is 0. The van der Waals surface area contributed by atoms with E-state index in [9.17, 15) is 0 Å². The molecule has 0 aliphatic carbocycles.